The first-order chi connectivity index (χ1) is 14.6. The van der Waals surface area contributed by atoms with Gasteiger partial charge in [-0.1, -0.05) is 53.1 Å². The van der Waals surface area contributed by atoms with Crippen LogP contribution in [0.25, 0.3) is 5.69 Å². The lowest BCUT2D eigenvalue weighted by atomic mass is 10.1. The lowest BCUT2D eigenvalue weighted by Crippen LogP contribution is -2.50. The van der Waals surface area contributed by atoms with Crippen LogP contribution in [-0.2, 0) is 4.79 Å². The first-order valence-electron chi connectivity index (χ1n) is 9.96. The van der Waals surface area contributed by atoms with Crippen molar-refractivity contribution in [2.45, 2.75) is 13.0 Å². The van der Waals surface area contributed by atoms with Gasteiger partial charge in [0.25, 0.3) is 0 Å². The maximum Gasteiger partial charge on any atom is 0.250 e. The Balaban J connectivity index is 1.31. The molecule has 156 valence electrons. The summed E-state index contributed by atoms with van der Waals surface area (Å²) in [5, 5.41) is 15.9. The zero-order chi connectivity index (χ0) is 20.9. The van der Waals surface area contributed by atoms with E-state index in [2.05, 4.69) is 30.6 Å². The fraction of sp³-hybridized carbons (Fsp3) is 0.333. The van der Waals surface area contributed by atoms with E-state index in [1.807, 2.05) is 61.5 Å². The maximum absolute atomic E-state index is 12.5. The van der Waals surface area contributed by atoms with Crippen molar-refractivity contribution < 1.29 is 4.79 Å². The third-order valence-electron chi connectivity index (χ3n) is 5.23. The number of carbonyl (C=O) groups excluding carboxylic acids is 1. The Morgan fingerprint density at radius 2 is 1.77 bits per heavy atom. The minimum absolute atomic E-state index is 0.00927. The Labute approximate surface area is 180 Å². The van der Waals surface area contributed by atoms with E-state index >= 15 is 0 Å². The van der Waals surface area contributed by atoms with Crippen LogP contribution < -0.4 is 10.2 Å². The van der Waals surface area contributed by atoms with Gasteiger partial charge in [-0.2, -0.15) is 4.68 Å². The fourth-order valence-electron chi connectivity index (χ4n) is 3.62. The number of nitrogens with zero attached hydrogens (tertiary/aromatic N) is 6. The molecule has 0 saturated carbocycles. The van der Waals surface area contributed by atoms with Gasteiger partial charge < -0.3 is 10.2 Å². The minimum atomic E-state index is -0.136. The van der Waals surface area contributed by atoms with E-state index in [1.54, 1.807) is 4.68 Å². The van der Waals surface area contributed by atoms with Crippen molar-refractivity contribution in [1.82, 2.24) is 30.4 Å². The quantitative estimate of drug-likeness (QED) is 0.653. The highest BCUT2D eigenvalue weighted by Gasteiger charge is 2.24. The number of amides is 1. The monoisotopic (exact) mass is 425 g/mol. The van der Waals surface area contributed by atoms with Gasteiger partial charge in [0, 0.05) is 31.2 Å². The van der Waals surface area contributed by atoms with E-state index in [1.165, 1.54) is 0 Å². The summed E-state index contributed by atoms with van der Waals surface area (Å²) in [6, 6.07) is 17.3. The van der Waals surface area contributed by atoms with Crippen molar-refractivity contribution in [2.75, 3.05) is 37.6 Å². The second-order valence-corrected chi connectivity index (χ2v) is 7.71. The Morgan fingerprint density at radius 3 is 2.50 bits per heavy atom. The van der Waals surface area contributed by atoms with Crippen LogP contribution in [0.4, 0.5) is 5.95 Å². The fourth-order valence-corrected chi connectivity index (χ4v) is 3.92. The number of anilines is 1. The van der Waals surface area contributed by atoms with Gasteiger partial charge in [0.2, 0.25) is 11.9 Å². The second kappa shape index (κ2) is 9.23. The van der Waals surface area contributed by atoms with Gasteiger partial charge in [-0.05, 0) is 41.1 Å². The van der Waals surface area contributed by atoms with Crippen LogP contribution in [0, 0.1) is 0 Å². The third kappa shape index (κ3) is 4.60. The van der Waals surface area contributed by atoms with E-state index in [4.69, 9.17) is 11.6 Å². The summed E-state index contributed by atoms with van der Waals surface area (Å²) in [6.07, 6.45) is 0. The average Bonchev–Trinajstić information content (AvgIpc) is 3.25. The molecule has 1 aliphatic heterocycles. The molecular formula is C21H24ClN7O. The van der Waals surface area contributed by atoms with Crippen LogP contribution in [0.2, 0.25) is 5.02 Å². The van der Waals surface area contributed by atoms with Gasteiger partial charge in [0.1, 0.15) is 0 Å². The molecule has 30 heavy (non-hydrogen) atoms. The van der Waals surface area contributed by atoms with Crippen LogP contribution in [0.3, 0.4) is 0 Å². The van der Waals surface area contributed by atoms with Gasteiger partial charge in [0.05, 0.1) is 18.3 Å². The summed E-state index contributed by atoms with van der Waals surface area (Å²) in [7, 11) is 0. The van der Waals surface area contributed by atoms with Crippen molar-refractivity contribution in [3.8, 4) is 5.69 Å². The number of para-hydroxylation sites is 1. The standard InChI is InChI=1S/C21H24ClN7O/c1-16(18-9-5-6-10-19(18)22)23-20(30)15-27-11-13-28(14-12-27)21-24-25-26-29(21)17-7-3-2-4-8-17/h2-10,16H,11-15H2,1H3,(H,23,30)/t16-/m1/s1. The molecule has 0 unspecified atom stereocenters. The number of aromatic nitrogens is 4. The summed E-state index contributed by atoms with van der Waals surface area (Å²) in [5.41, 5.74) is 1.85. The Kier molecular flexibility index (Phi) is 6.25. The lowest BCUT2D eigenvalue weighted by Gasteiger charge is -2.34. The van der Waals surface area contributed by atoms with Crippen LogP contribution in [0.1, 0.15) is 18.5 Å². The van der Waals surface area contributed by atoms with E-state index in [0.29, 0.717) is 11.6 Å². The van der Waals surface area contributed by atoms with Crippen molar-refractivity contribution in [3.63, 3.8) is 0 Å². The van der Waals surface area contributed by atoms with Crippen molar-refractivity contribution in [2.24, 2.45) is 0 Å². The van der Waals surface area contributed by atoms with E-state index < -0.39 is 0 Å². The average molecular weight is 426 g/mol. The van der Waals surface area contributed by atoms with Crippen LogP contribution in [0.5, 0.6) is 0 Å². The SMILES string of the molecule is C[C@@H](NC(=O)CN1CCN(c2nnnn2-c2ccccc2)CC1)c1ccccc1Cl. The van der Waals surface area contributed by atoms with Crippen molar-refractivity contribution in [3.05, 3.63) is 65.2 Å². The third-order valence-corrected chi connectivity index (χ3v) is 5.57. The molecule has 2 aromatic carbocycles. The molecule has 0 bridgehead atoms. The Bertz CT molecular complexity index is 986. The van der Waals surface area contributed by atoms with Gasteiger partial charge in [0.15, 0.2) is 0 Å². The number of hydrogen-bond donors (Lipinski definition) is 1. The molecule has 1 aromatic heterocycles. The molecule has 1 atom stereocenters. The highest BCUT2D eigenvalue weighted by atomic mass is 35.5. The van der Waals surface area contributed by atoms with Crippen LogP contribution >= 0.6 is 11.6 Å². The van der Waals surface area contributed by atoms with Gasteiger partial charge >= 0.3 is 0 Å². The first kappa shape index (κ1) is 20.3. The molecule has 0 spiro atoms. The Hall–Kier alpha value is -2.97. The second-order valence-electron chi connectivity index (χ2n) is 7.30. The summed E-state index contributed by atoms with van der Waals surface area (Å²) >= 11 is 6.23. The predicted molar refractivity (Wildman–Crippen MR) is 116 cm³/mol. The largest absolute Gasteiger partial charge is 0.348 e. The van der Waals surface area contributed by atoms with E-state index in [-0.39, 0.29) is 11.9 Å². The molecular weight excluding hydrogens is 402 g/mol. The van der Waals surface area contributed by atoms with Crippen LogP contribution in [-0.4, -0.2) is 63.7 Å². The smallest absolute Gasteiger partial charge is 0.250 e. The number of hydrogen-bond acceptors (Lipinski definition) is 6. The van der Waals surface area contributed by atoms with Crippen molar-refractivity contribution in [1.29, 1.82) is 0 Å². The van der Waals surface area contributed by atoms with Crippen molar-refractivity contribution >= 4 is 23.5 Å². The summed E-state index contributed by atoms with van der Waals surface area (Å²) in [5.74, 6) is 0.711. The first-order valence-corrected chi connectivity index (χ1v) is 10.3. The zero-order valence-corrected chi connectivity index (χ0v) is 17.5. The number of nitrogens with one attached hydrogen (secondary N) is 1. The zero-order valence-electron chi connectivity index (χ0n) is 16.8. The highest BCUT2D eigenvalue weighted by Crippen LogP contribution is 2.22. The van der Waals surface area contributed by atoms with Crippen LogP contribution in [0.15, 0.2) is 54.6 Å². The topological polar surface area (TPSA) is 79.2 Å². The van der Waals surface area contributed by atoms with Gasteiger partial charge in [-0.3, -0.25) is 9.69 Å². The molecule has 0 radical (unpaired) electrons. The summed E-state index contributed by atoms with van der Waals surface area (Å²) < 4.78 is 1.74. The van der Waals surface area contributed by atoms with E-state index in [9.17, 15) is 4.79 Å². The van der Waals surface area contributed by atoms with Gasteiger partial charge in [-0.15, -0.1) is 0 Å². The molecule has 4 rings (SSSR count). The normalized spacial score (nSPS) is 15.7. The molecule has 2 heterocycles. The molecule has 9 heteroatoms. The minimum Gasteiger partial charge on any atom is -0.348 e. The number of tetrazole rings is 1. The number of halogens is 1. The lowest BCUT2D eigenvalue weighted by molar-refractivity contribution is -0.123. The van der Waals surface area contributed by atoms with E-state index in [0.717, 1.165) is 43.4 Å². The predicted octanol–water partition coefficient (Wildman–Crippen LogP) is 2.32. The molecule has 1 fully saturated rings. The molecule has 1 saturated heterocycles. The number of carbonyl (C=O) groups is 1. The summed E-state index contributed by atoms with van der Waals surface area (Å²) in [6.45, 7) is 5.32. The Morgan fingerprint density at radius 1 is 1.07 bits per heavy atom. The number of rotatable bonds is 6. The number of benzene rings is 2. The molecule has 1 N–H and O–H groups in total. The maximum atomic E-state index is 12.5. The highest BCUT2D eigenvalue weighted by molar-refractivity contribution is 6.31. The molecule has 3 aromatic rings. The summed E-state index contributed by atoms with van der Waals surface area (Å²) in [4.78, 5) is 16.8. The molecule has 1 amide bonds. The molecule has 0 aliphatic carbocycles. The van der Waals surface area contributed by atoms with Gasteiger partial charge in [-0.25, -0.2) is 0 Å². The molecule has 8 nitrogen and oxygen atoms in total. The number of piperazine rings is 1. The molecule has 1 aliphatic rings.